The first-order valence-corrected chi connectivity index (χ1v) is 5.91. The van der Waals surface area contributed by atoms with Crippen LogP contribution in [0.5, 0.6) is 0 Å². The lowest BCUT2D eigenvalue weighted by molar-refractivity contribution is 0.314. The molecular formula is C11H22N2. The van der Waals surface area contributed by atoms with Gasteiger partial charge in [0, 0.05) is 19.3 Å². The van der Waals surface area contributed by atoms with Gasteiger partial charge in [-0.3, -0.25) is 0 Å². The summed E-state index contributed by atoms with van der Waals surface area (Å²) in [6, 6.07) is 0.776. The van der Waals surface area contributed by atoms with Gasteiger partial charge in [0.25, 0.3) is 0 Å². The lowest BCUT2D eigenvalue weighted by Crippen LogP contribution is -2.33. The Labute approximate surface area is 81.5 Å². The van der Waals surface area contributed by atoms with E-state index in [1.807, 2.05) is 0 Å². The van der Waals surface area contributed by atoms with Crippen molar-refractivity contribution in [2.45, 2.75) is 51.0 Å². The molecule has 2 rings (SSSR count). The molecule has 0 aromatic heterocycles. The Morgan fingerprint density at radius 2 is 1.54 bits per heavy atom. The monoisotopic (exact) mass is 182 g/mol. The molecular weight excluding hydrogens is 160 g/mol. The van der Waals surface area contributed by atoms with E-state index in [0.717, 1.165) is 18.6 Å². The zero-order valence-corrected chi connectivity index (χ0v) is 8.52. The lowest BCUT2D eigenvalue weighted by Gasteiger charge is -2.24. The Balaban J connectivity index is 1.80. The van der Waals surface area contributed by atoms with Gasteiger partial charge in [0.15, 0.2) is 0 Å². The number of nitrogens with one attached hydrogen (secondary N) is 2. The third-order valence-corrected chi connectivity index (χ3v) is 3.57. The van der Waals surface area contributed by atoms with E-state index < -0.39 is 0 Å². The zero-order valence-electron chi connectivity index (χ0n) is 8.52. The van der Waals surface area contributed by atoms with Gasteiger partial charge in [0.1, 0.15) is 0 Å². The summed E-state index contributed by atoms with van der Waals surface area (Å²) in [5, 5.41) is 6.96. The average Bonchev–Trinajstić information content (AvgIpc) is 2.55. The molecule has 2 fully saturated rings. The van der Waals surface area contributed by atoms with Gasteiger partial charge in [0.05, 0.1) is 0 Å². The number of hydrogen-bond acceptors (Lipinski definition) is 2. The summed E-state index contributed by atoms with van der Waals surface area (Å²) in [7, 11) is 0. The van der Waals surface area contributed by atoms with Crippen molar-refractivity contribution in [3.63, 3.8) is 0 Å². The Hall–Kier alpha value is -0.0800. The highest BCUT2D eigenvalue weighted by molar-refractivity contribution is 4.83. The Bertz CT molecular complexity index is 133. The first kappa shape index (κ1) is 9.47. The second-order valence-corrected chi connectivity index (χ2v) is 4.55. The maximum atomic E-state index is 3.56. The highest BCUT2D eigenvalue weighted by Crippen LogP contribution is 2.25. The van der Waals surface area contributed by atoms with Crippen LogP contribution in [-0.4, -0.2) is 19.3 Å². The molecule has 0 spiro atoms. The molecule has 0 radical (unpaired) electrons. The van der Waals surface area contributed by atoms with Crippen molar-refractivity contribution in [1.29, 1.82) is 0 Å². The molecule has 2 N–H and O–H groups in total. The van der Waals surface area contributed by atoms with E-state index in [-0.39, 0.29) is 0 Å². The van der Waals surface area contributed by atoms with Crippen LogP contribution in [-0.2, 0) is 0 Å². The fourth-order valence-corrected chi connectivity index (χ4v) is 2.73. The second kappa shape index (κ2) is 4.97. The maximum Gasteiger partial charge on any atom is 0.0457 e. The van der Waals surface area contributed by atoms with Crippen molar-refractivity contribution < 1.29 is 0 Å². The first-order chi connectivity index (χ1) is 6.47. The summed E-state index contributed by atoms with van der Waals surface area (Å²) in [6.45, 7) is 2.23. The van der Waals surface area contributed by atoms with Gasteiger partial charge < -0.3 is 10.6 Å². The van der Waals surface area contributed by atoms with Crippen LogP contribution in [0.3, 0.4) is 0 Å². The van der Waals surface area contributed by atoms with Gasteiger partial charge in [-0.2, -0.15) is 0 Å². The fourth-order valence-electron chi connectivity index (χ4n) is 2.73. The van der Waals surface area contributed by atoms with E-state index in [1.165, 1.54) is 51.5 Å². The molecule has 1 atom stereocenters. The van der Waals surface area contributed by atoms with Gasteiger partial charge in [-0.25, -0.2) is 0 Å². The van der Waals surface area contributed by atoms with Gasteiger partial charge in [-0.15, -0.1) is 0 Å². The molecule has 1 aliphatic heterocycles. The molecule has 1 saturated heterocycles. The van der Waals surface area contributed by atoms with Gasteiger partial charge in [0.2, 0.25) is 0 Å². The summed E-state index contributed by atoms with van der Waals surface area (Å²) >= 11 is 0. The highest BCUT2D eigenvalue weighted by Gasteiger charge is 2.23. The van der Waals surface area contributed by atoms with E-state index in [9.17, 15) is 0 Å². The Morgan fingerprint density at radius 3 is 2.15 bits per heavy atom. The molecule has 1 saturated carbocycles. The molecule has 76 valence electrons. The van der Waals surface area contributed by atoms with Crippen LogP contribution in [0, 0.1) is 5.92 Å². The predicted molar refractivity (Wildman–Crippen MR) is 55.6 cm³/mol. The van der Waals surface area contributed by atoms with E-state index in [4.69, 9.17) is 0 Å². The zero-order chi connectivity index (χ0) is 8.93. The molecule has 1 heterocycles. The average molecular weight is 182 g/mol. The summed E-state index contributed by atoms with van der Waals surface area (Å²) in [5.74, 6) is 0.954. The lowest BCUT2D eigenvalue weighted by atomic mass is 9.86. The van der Waals surface area contributed by atoms with Gasteiger partial charge in [-0.1, -0.05) is 32.1 Å². The van der Waals surface area contributed by atoms with Gasteiger partial charge in [-0.05, 0) is 18.8 Å². The molecule has 0 aromatic rings. The molecule has 0 amide bonds. The van der Waals surface area contributed by atoms with Crippen LogP contribution in [0.15, 0.2) is 0 Å². The minimum absolute atomic E-state index is 0.776. The molecule has 2 nitrogen and oxygen atoms in total. The third-order valence-electron chi connectivity index (χ3n) is 3.57. The SMILES string of the molecule is C1CCCC(C2CNCN2)CCC1. The fraction of sp³-hybridized carbons (Fsp3) is 1.00. The van der Waals surface area contributed by atoms with Crippen molar-refractivity contribution in [2.75, 3.05) is 13.2 Å². The summed E-state index contributed by atoms with van der Waals surface area (Å²) in [5.41, 5.74) is 0. The Morgan fingerprint density at radius 1 is 0.846 bits per heavy atom. The van der Waals surface area contributed by atoms with Crippen molar-refractivity contribution in [3.05, 3.63) is 0 Å². The molecule has 2 heteroatoms. The Kier molecular flexibility index (Phi) is 3.62. The number of hydrogen-bond donors (Lipinski definition) is 2. The van der Waals surface area contributed by atoms with Crippen molar-refractivity contribution in [2.24, 2.45) is 5.92 Å². The van der Waals surface area contributed by atoms with E-state index in [1.54, 1.807) is 0 Å². The predicted octanol–water partition coefficient (Wildman–Crippen LogP) is 1.87. The molecule has 1 aliphatic carbocycles. The van der Waals surface area contributed by atoms with E-state index >= 15 is 0 Å². The van der Waals surface area contributed by atoms with Crippen LogP contribution >= 0.6 is 0 Å². The standard InChI is InChI=1S/C11H22N2/c1-2-4-6-10(7-5-3-1)11-8-12-9-13-11/h10-13H,1-9H2. The van der Waals surface area contributed by atoms with Crippen LogP contribution < -0.4 is 10.6 Å². The second-order valence-electron chi connectivity index (χ2n) is 4.55. The summed E-state index contributed by atoms with van der Waals surface area (Å²) in [6.07, 6.45) is 10.3. The summed E-state index contributed by atoms with van der Waals surface area (Å²) in [4.78, 5) is 0. The molecule has 13 heavy (non-hydrogen) atoms. The normalized spacial score (nSPS) is 32.8. The topological polar surface area (TPSA) is 24.1 Å². The van der Waals surface area contributed by atoms with Crippen LogP contribution in [0.2, 0.25) is 0 Å². The van der Waals surface area contributed by atoms with Crippen LogP contribution in [0.4, 0.5) is 0 Å². The number of rotatable bonds is 1. The molecule has 0 bridgehead atoms. The largest absolute Gasteiger partial charge is 0.303 e. The van der Waals surface area contributed by atoms with Gasteiger partial charge >= 0.3 is 0 Å². The van der Waals surface area contributed by atoms with E-state index in [2.05, 4.69) is 10.6 Å². The van der Waals surface area contributed by atoms with Crippen molar-refractivity contribution in [3.8, 4) is 0 Å². The van der Waals surface area contributed by atoms with Crippen molar-refractivity contribution in [1.82, 2.24) is 10.6 Å². The summed E-state index contributed by atoms with van der Waals surface area (Å²) < 4.78 is 0. The quantitative estimate of drug-likeness (QED) is 0.647. The minimum Gasteiger partial charge on any atom is -0.303 e. The molecule has 1 unspecified atom stereocenters. The van der Waals surface area contributed by atoms with Crippen LogP contribution in [0.25, 0.3) is 0 Å². The first-order valence-electron chi connectivity index (χ1n) is 5.91. The maximum absolute atomic E-state index is 3.56. The molecule has 0 aromatic carbocycles. The third kappa shape index (κ3) is 2.68. The van der Waals surface area contributed by atoms with Crippen LogP contribution in [0.1, 0.15) is 44.9 Å². The smallest absolute Gasteiger partial charge is 0.0457 e. The minimum atomic E-state index is 0.776. The van der Waals surface area contributed by atoms with Crippen molar-refractivity contribution >= 4 is 0 Å². The highest BCUT2D eigenvalue weighted by atomic mass is 15.2. The van der Waals surface area contributed by atoms with E-state index in [0.29, 0.717) is 0 Å². The molecule has 2 aliphatic rings.